The molecule has 0 bridgehead atoms. The predicted molar refractivity (Wildman–Crippen MR) is 113 cm³/mol. The number of benzene rings is 1. The van der Waals surface area contributed by atoms with Crippen LogP contribution in [-0.2, 0) is 6.42 Å². The zero-order valence-corrected chi connectivity index (χ0v) is 17.1. The molecular weight excluding hydrogens is 380 g/mol. The van der Waals surface area contributed by atoms with E-state index in [1.807, 2.05) is 38.1 Å². The summed E-state index contributed by atoms with van der Waals surface area (Å²) >= 11 is 0. The number of H-pyrrole nitrogens is 2. The lowest BCUT2D eigenvalue weighted by Gasteiger charge is -2.30. The summed E-state index contributed by atoms with van der Waals surface area (Å²) < 4.78 is 0. The van der Waals surface area contributed by atoms with Crippen molar-refractivity contribution < 1.29 is 9.59 Å². The molecule has 3 heterocycles. The van der Waals surface area contributed by atoms with Crippen LogP contribution in [0.1, 0.15) is 71.4 Å². The van der Waals surface area contributed by atoms with E-state index in [0.29, 0.717) is 30.6 Å². The highest BCUT2D eigenvalue weighted by Gasteiger charge is 2.36. The molecule has 2 N–H and O–H groups in total. The second kappa shape index (κ2) is 6.65. The van der Waals surface area contributed by atoms with Crippen LogP contribution in [0.4, 0.5) is 0 Å². The number of hydrogen-bond acceptors (Lipinski definition) is 4. The van der Waals surface area contributed by atoms with Gasteiger partial charge in [-0.1, -0.05) is 26.0 Å². The van der Waals surface area contributed by atoms with Gasteiger partial charge in [0.05, 0.1) is 17.1 Å². The molecule has 1 unspecified atom stereocenters. The first-order valence-electron chi connectivity index (χ1n) is 10.4. The van der Waals surface area contributed by atoms with Crippen LogP contribution in [0.15, 0.2) is 35.1 Å². The number of ketones is 1. The first-order valence-corrected chi connectivity index (χ1v) is 10.4. The van der Waals surface area contributed by atoms with Crippen molar-refractivity contribution in [2.45, 2.75) is 45.6 Å². The molecule has 1 amide bonds. The van der Waals surface area contributed by atoms with E-state index in [2.05, 4.69) is 15.0 Å². The summed E-state index contributed by atoms with van der Waals surface area (Å²) in [6, 6.07) is 9.03. The Morgan fingerprint density at radius 3 is 2.77 bits per heavy atom. The molecule has 1 saturated heterocycles. The third-order valence-corrected chi connectivity index (χ3v) is 6.19. The number of Topliss-reactive ketones (excluding diaryl/α,β-unsaturated/α-hetero) is 1. The largest absolute Gasteiger partial charge is 0.340 e. The molecule has 3 aromatic rings. The normalized spacial score (nSPS) is 20.5. The number of pyridine rings is 1. The number of likely N-dealkylation sites (tertiary alicyclic amines) is 1. The number of aromatic amines is 2. The van der Waals surface area contributed by atoms with E-state index in [1.165, 1.54) is 6.07 Å². The zero-order valence-electron chi connectivity index (χ0n) is 17.1. The van der Waals surface area contributed by atoms with Crippen molar-refractivity contribution in [2.24, 2.45) is 5.41 Å². The Labute approximate surface area is 173 Å². The molecule has 7 heteroatoms. The highest BCUT2D eigenvalue weighted by molar-refractivity contribution is 6.02. The number of carbonyl (C=O) groups is 2. The molecule has 1 aromatic carbocycles. The van der Waals surface area contributed by atoms with Gasteiger partial charge in [0, 0.05) is 24.2 Å². The van der Waals surface area contributed by atoms with Crippen LogP contribution in [0.5, 0.6) is 0 Å². The highest BCUT2D eigenvalue weighted by atomic mass is 16.2. The summed E-state index contributed by atoms with van der Waals surface area (Å²) in [4.78, 5) is 51.2. The first kappa shape index (κ1) is 18.8. The molecule has 1 aliphatic heterocycles. The van der Waals surface area contributed by atoms with Gasteiger partial charge in [0.15, 0.2) is 5.78 Å². The third kappa shape index (κ3) is 3.05. The van der Waals surface area contributed by atoms with Gasteiger partial charge in [-0.05, 0) is 42.9 Å². The van der Waals surface area contributed by atoms with Crippen LogP contribution in [0.2, 0.25) is 0 Å². The van der Waals surface area contributed by atoms with E-state index in [-0.39, 0.29) is 28.7 Å². The fourth-order valence-corrected chi connectivity index (χ4v) is 4.77. The molecule has 0 saturated carbocycles. The van der Waals surface area contributed by atoms with E-state index >= 15 is 0 Å². The minimum absolute atomic E-state index is 0.0261. The first-order chi connectivity index (χ1) is 14.3. The fraction of sp³-hybridized carbons (Fsp3) is 0.391. The Kier molecular flexibility index (Phi) is 4.17. The molecule has 2 aromatic heterocycles. The molecule has 7 nitrogen and oxygen atoms in total. The molecule has 1 fully saturated rings. The zero-order chi connectivity index (χ0) is 21.0. The minimum atomic E-state index is -0.431. The quantitative estimate of drug-likeness (QED) is 0.684. The molecular formula is C23H24N4O3. The minimum Gasteiger partial charge on any atom is -0.340 e. The van der Waals surface area contributed by atoms with Crippen LogP contribution in [0.3, 0.4) is 0 Å². The molecule has 0 radical (unpaired) electrons. The number of para-hydroxylation sites is 2. The van der Waals surface area contributed by atoms with Gasteiger partial charge in [0.2, 0.25) is 0 Å². The van der Waals surface area contributed by atoms with Crippen molar-refractivity contribution in [3.8, 4) is 0 Å². The van der Waals surface area contributed by atoms with Crippen LogP contribution in [0, 0.1) is 5.41 Å². The van der Waals surface area contributed by atoms with E-state index < -0.39 is 5.56 Å². The Bertz CT molecular complexity index is 1200. The maximum atomic E-state index is 13.3. The molecule has 5 rings (SSSR count). The van der Waals surface area contributed by atoms with E-state index in [1.54, 1.807) is 4.90 Å². The van der Waals surface area contributed by atoms with Gasteiger partial charge < -0.3 is 14.9 Å². The molecule has 30 heavy (non-hydrogen) atoms. The lowest BCUT2D eigenvalue weighted by atomic mass is 9.75. The van der Waals surface area contributed by atoms with Gasteiger partial charge in [-0.15, -0.1) is 0 Å². The van der Waals surface area contributed by atoms with Crippen LogP contribution < -0.4 is 5.56 Å². The van der Waals surface area contributed by atoms with Crippen molar-refractivity contribution in [2.75, 3.05) is 6.54 Å². The van der Waals surface area contributed by atoms with E-state index in [9.17, 15) is 14.4 Å². The highest BCUT2D eigenvalue weighted by Crippen LogP contribution is 2.35. The number of rotatable bonds is 2. The number of imidazole rings is 1. The Balaban J connectivity index is 1.50. The average Bonchev–Trinajstić information content (AvgIpc) is 3.32. The SMILES string of the molecule is CC1(C)CC(=O)c2cc(C(=O)N3CCCC3c3nc4ccccc4[nH]3)c(=O)[nH]c2C1. The van der Waals surface area contributed by atoms with Gasteiger partial charge in [0.1, 0.15) is 11.4 Å². The van der Waals surface area contributed by atoms with Gasteiger partial charge in [-0.2, -0.15) is 0 Å². The standard InChI is InChI=1S/C23H24N4O3/c1-23(2)11-17-13(19(28)12-23)10-14(21(29)26-17)22(30)27-9-5-8-18(27)20-24-15-6-3-4-7-16(15)25-20/h3-4,6-7,10,18H,5,8-9,11-12H2,1-2H3,(H,24,25)(H,26,29). The topological polar surface area (TPSA) is 98.9 Å². The number of aromatic nitrogens is 3. The second-order valence-electron chi connectivity index (χ2n) is 9.14. The smallest absolute Gasteiger partial charge is 0.261 e. The van der Waals surface area contributed by atoms with Gasteiger partial charge in [0.25, 0.3) is 11.5 Å². The summed E-state index contributed by atoms with van der Waals surface area (Å²) in [5.41, 5.74) is 2.28. The molecule has 1 aliphatic carbocycles. The fourth-order valence-electron chi connectivity index (χ4n) is 4.77. The summed E-state index contributed by atoms with van der Waals surface area (Å²) in [6.45, 7) is 4.57. The van der Waals surface area contributed by atoms with Crippen molar-refractivity contribution in [1.29, 1.82) is 0 Å². The number of carbonyl (C=O) groups excluding carboxylic acids is 2. The molecule has 154 valence electrons. The van der Waals surface area contributed by atoms with E-state index in [0.717, 1.165) is 29.7 Å². The van der Waals surface area contributed by atoms with Gasteiger partial charge in [-0.25, -0.2) is 4.98 Å². The second-order valence-corrected chi connectivity index (χ2v) is 9.14. The monoisotopic (exact) mass is 404 g/mol. The lowest BCUT2D eigenvalue weighted by molar-refractivity contribution is 0.0728. The van der Waals surface area contributed by atoms with Crippen LogP contribution in [0.25, 0.3) is 11.0 Å². The lowest BCUT2D eigenvalue weighted by Crippen LogP contribution is -2.37. The Hall–Kier alpha value is -3.22. The average molecular weight is 404 g/mol. The Morgan fingerprint density at radius 2 is 1.97 bits per heavy atom. The number of hydrogen-bond donors (Lipinski definition) is 2. The van der Waals surface area contributed by atoms with Crippen LogP contribution in [-0.4, -0.2) is 38.1 Å². The molecule has 0 spiro atoms. The molecule has 1 atom stereocenters. The summed E-state index contributed by atoms with van der Waals surface area (Å²) in [6.07, 6.45) is 2.64. The number of amides is 1. The summed E-state index contributed by atoms with van der Waals surface area (Å²) in [7, 11) is 0. The van der Waals surface area contributed by atoms with Gasteiger partial charge >= 0.3 is 0 Å². The van der Waals surface area contributed by atoms with Crippen LogP contribution >= 0.6 is 0 Å². The maximum Gasteiger partial charge on any atom is 0.261 e. The number of nitrogens with zero attached hydrogens (tertiary/aromatic N) is 2. The maximum absolute atomic E-state index is 13.3. The van der Waals surface area contributed by atoms with Gasteiger partial charge in [-0.3, -0.25) is 14.4 Å². The summed E-state index contributed by atoms with van der Waals surface area (Å²) in [5.74, 6) is 0.357. The van der Waals surface area contributed by atoms with Crippen molar-refractivity contribution in [3.05, 3.63) is 63.3 Å². The van der Waals surface area contributed by atoms with Crippen molar-refractivity contribution >= 4 is 22.7 Å². The predicted octanol–water partition coefficient (Wildman–Crippen LogP) is 3.38. The Morgan fingerprint density at radius 1 is 1.17 bits per heavy atom. The third-order valence-electron chi connectivity index (χ3n) is 6.19. The van der Waals surface area contributed by atoms with E-state index in [4.69, 9.17) is 0 Å². The van der Waals surface area contributed by atoms with Crippen molar-refractivity contribution in [1.82, 2.24) is 19.9 Å². The van der Waals surface area contributed by atoms with Crippen molar-refractivity contribution in [3.63, 3.8) is 0 Å². The summed E-state index contributed by atoms with van der Waals surface area (Å²) in [5, 5.41) is 0. The molecule has 2 aliphatic rings. The number of fused-ring (bicyclic) bond motifs is 2. The number of nitrogens with one attached hydrogen (secondary N) is 2.